The van der Waals surface area contributed by atoms with E-state index in [1.807, 2.05) is 48.5 Å². The lowest BCUT2D eigenvalue weighted by Crippen LogP contribution is -2.21. The van der Waals surface area contributed by atoms with Gasteiger partial charge in [-0.15, -0.1) is 10.2 Å². The van der Waals surface area contributed by atoms with E-state index in [9.17, 15) is 0 Å². The van der Waals surface area contributed by atoms with Crippen LogP contribution in [-0.2, 0) is 0 Å². The smallest absolute Gasteiger partial charge is 0.187 e. The van der Waals surface area contributed by atoms with Crippen molar-refractivity contribution in [3.63, 3.8) is 0 Å². The van der Waals surface area contributed by atoms with E-state index in [0.717, 1.165) is 22.0 Å². The Hall–Kier alpha value is -1.82. The van der Waals surface area contributed by atoms with Crippen LogP contribution in [0.2, 0.25) is 10.0 Å². The molecule has 2 heterocycles. The zero-order chi connectivity index (χ0) is 16.7. The average Bonchev–Trinajstić information content (AvgIpc) is 2.98. The SMILES string of the molecule is CC1Sc2nnc(-c3ccc(Cl)cc3)n2N=C1c1ccc(Cl)cc1. The van der Waals surface area contributed by atoms with E-state index in [-0.39, 0.29) is 5.25 Å². The molecule has 1 unspecified atom stereocenters. The molecule has 4 nitrogen and oxygen atoms in total. The minimum absolute atomic E-state index is 0.181. The maximum absolute atomic E-state index is 5.99. The van der Waals surface area contributed by atoms with Gasteiger partial charge in [-0.2, -0.15) is 9.78 Å². The van der Waals surface area contributed by atoms with Gasteiger partial charge in [0.15, 0.2) is 5.82 Å². The molecule has 7 heteroatoms. The molecular weight excluding hydrogens is 363 g/mol. The first-order valence-electron chi connectivity index (χ1n) is 7.34. The van der Waals surface area contributed by atoms with Gasteiger partial charge in [0.2, 0.25) is 5.16 Å². The molecule has 2 aromatic carbocycles. The molecule has 120 valence electrons. The van der Waals surface area contributed by atoms with E-state index in [2.05, 4.69) is 17.1 Å². The van der Waals surface area contributed by atoms with Crippen LogP contribution in [0.1, 0.15) is 12.5 Å². The van der Waals surface area contributed by atoms with Crippen molar-refractivity contribution in [3.8, 4) is 11.4 Å². The zero-order valence-electron chi connectivity index (χ0n) is 12.6. The van der Waals surface area contributed by atoms with Crippen molar-refractivity contribution in [2.75, 3.05) is 0 Å². The largest absolute Gasteiger partial charge is 0.213 e. The van der Waals surface area contributed by atoms with Crippen LogP contribution >= 0.6 is 35.0 Å². The third-order valence-corrected chi connectivity index (χ3v) is 5.28. The van der Waals surface area contributed by atoms with Crippen molar-refractivity contribution >= 4 is 40.7 Å². The van der Waals surface area contributed by atoms with Gasteiger partial charge in [-0.1, -0.05) is 47.1 Å². The number of aromatic nitrogens is 3. The van der Waals surface area contributed by atoms with E-state index in [4.69, 9.17) is 28.3 Å². The second kappa shape index (κ2) is 6.24. The number of halogens is 2. The third-order valence-electron chi connectivity index (χ3n) is 3.73. The summed E-state index contributed by atoms with van der Waals surface area (Å²) in [6, 6.07) is 15.2. The highest BCUT2D eigenvalue weighted by atomic mass is 35.5. The molecule has 4 rings (SSSR count). The van der Waals surface area contributed by atoms with Gasteiger partial charge >= 0.3 is 0 Å². The van der Waals surface area contributed by atoms with Gasteiger partial charge in [-0.05, 0) is 48.9 Å². The lowest BCUT2D eigenvalue weighted by molar-refractivity contribution is 0.754. The lowest BCUT2D eigenvalue weighted by Gasteiger charge is -2.20. The second-order valence-corrected chi connectivity index (χ2v) is 7.56. The Morgan fingerprint density at radius 2 is 1.46 bits per heavy atom. The molecule has 0 fully saturated rings. The predicted octanol–water partition coefficient (Wildman–Crippen LogP) is 5.00. The topological polar surface area (TPSA) is 43.1 Å². The molecule has 1 aliphatic heterocycles. The van der Waals surface area contributed by atoms with Gasteiger partial charge in [0, 0.05) is 15.6 Å². The molecule has 0 radical (unpaired) electrons. The van der Waals surface area contributed by atoms with Crippen LogP contribution in [0.5, 0.6) is 0 Å². The first kappa shape index (κ1) is 15.7. The minimum Gasteiger partial charge on any atom is -0.187 e. The Balaban J connectivity index is 1.81. The highest BCUT2D eigenvalue weighted by Crippen LogP contribution is 2.33. The molecule has 1 aliphatic rings. The molecule has 1 atom stereocenters. The number of hydrogen-bond donors (Lipinski definition) is 0. The Bertz CT molecular complexity index is 917. The minimum atomic E-state index is 0.181. The van der Waals surface area contributed by atoms with Crippen molar-refractivity contribution in [2.24, 2.45) is 5.10 Å². The highest BCUT2D eigenvalue weighted by molar-refractivity contribution is 8.00. The fourth-order valence-electron chi connectivity index (χ4n) is 2.52. The van der Waals surface area contributed by atoms with E-state index in [0.29, 0.717) is 15.9 Å². The van der Waals surface area contributed by atoms with E-state index in [1.54, 1.807) is 16.4 Å². The van der Waals surface area contributed by atoms with Crippen LogP contribution in [0.25, 0.3) is 11.4 Å². The van der Waals surface area contributed by atoms with Crippen LogP contribution in [0, 0.1) is 0 Å². The number of benzene rings is 2. The van der Waals surface area contributed by atoms with Gasteiger partial charge in [0.1, 0.15) is 0 Å². The molecule has 0 saturated carbocycles. The predicted molar refractivity (Wildman–Crippen MR) is 99.2 cm³/mol. The summed E-state index contributed by atoms with van der Waals surface area (Å²) in [5.41, 5.74) is 2.94. The Morgan fingerprint density at radius 3 is 2.08 bits per heavy atom. The van der Waals surface area contributed by atoms with E-state index < -0.39 is 0 Å². The number of rotatable bonds is 2. The van der Waals surface area contributed by atoms with E-state index >= 15 is 0 Å². The maximum atomic E-state index is 5.99. The summed E-state index contributed by atoms with van der Waals surface area (Å²) in [5.74, 6) is 0.701. The van der Waals surface area contributed by atoms with Crippen LogP contribution in [-0.4, -0.2) is 25.8 Å². The monoisotopic (exact) mass is 374 g/mol. The Kier molecular flexibility index (Phi) is 4.08. The summed E-state index contributed by atoms with van der Waals surface area (Å²) in [7, 11) is 0. The van der Waals surface area contributed by atoms with Gasteiger partial charge in [-0.25, -0.2) is 0 Å². The van der Waals surface area contributed by atoms with Gasteiger partial charge in [0.05, 0.1) is 11.0 Å². The summed E-state index contributed by atoms with van der Waals surface area (Å²) >= 11 is 13.6. The van der Waals surface area contributed by atoms with Gasteiger partial charge < -0.3 is 0 Å². The number of thioether (sulfide) groups is 1. The van der Waals surface area contributed by atoms with Crippen molar-refractivity contribution in [2.45, 2.75) is 17.3 Å². The van der Waals surface area contributed by atoms with Crippen LogP contribution in [0.4, 0.5) is 0 Å². The highest BCUT2D eigenvalue weighted by Gasteiger charge is 2.26. The summed E-state index contributed by atoms with van der Waals surface area (Å²) in [5, 5.41) is 15.7. The summed E-state index contributed by atoms with van der Waals surface area (Å²) in [6.45, 7) is 2.11. The summed E-state index contributed by atoms with van der Waals surface area (Å²) in [4.78, 5) is 0. The van der Waals surface area contributed by atoms with Crippen LogP contribution in [0.15, 0.2) is 58.8 Å². The van der Waals surface area contributed by atoms with Crippen molar-refractivity contribution in [3.05, 3.63) is 64.1 Å². The van der Waals surface area contributed by atoms with Gasteiger partial charge in [-0.3, -0.25) is 0 Å². The molecule has 0 amide bonds. The molecule has 0 bridgehead atoms. The van der Waals surface area contributed by atoms with Crippen LogP contribution < -0.4 is 0 Å². The molecule has 0 spiro atoms. The molecule has 24 heavy (non-hydrogen) atoms. The first-order valence-corrected chi connectivity index (χ1v) is 8.98. The quantitative estimate of drug-likeness (QED) is 0.633. The normalized spacial score (nSPS) is 16.6. The van der Waals surface area contributed by atoms with Crippen molar-refractivity contribution in [1.29, 1.82) is 0 Å². The average molecular weight is 375 g/mol. The molecule has 3 aromatic rings. The maximum Gasteiger partial charge on any atom is 0.213 e. The molecular formula is C17H12Cl2N4S. The molecule has 0 saturated heterocycles. The first-order chi connectivity index (χ1) is 11.6. The molecule has 1 aromatic heterocycles. The fraction of sp³-hybridized carbons (Fsp3) is 0.118. The summed E-state index contributed by atoms with van der Waals surface area (Å²) in [6.07, 6.45) is 0. The second-order valence-electron chi connectivity index (χ2n) is 5.38. The van der Waals surface area contributed by atoms with Crippen LogP contribution in [0.3, 0.4) is 0 Å². The molecule has 0 N–H and O–H groups in total. The number of hydrogen-bond acceptors (Lipinski definition) is 4. The van der Waals surface area contributed by atoms with E-state index in [1.165, 1.54) is 0 Å². The number of fused-ring (bicyclic) bond motifs is 1. The fourth-order valence-corrected chi connectivity index (χ4v) is 3.70. The standard InChI is InChI=1S/C17H12Cl2N4S/c1-10-15(11-2-6-13(18)7-3-11)22-23-16(20-21-17(23)24-10)12-4-8-14(19)9-5-12/h2-10H,1H3. The molecule has 0 aliphatic carbocycles. The zero-order valence-corrected chi connectivity index (χ0v) is 15.0. The van der Waals surface area contributed by atoms with Crippen molar-refractivity contribution in [1.82, 2.24) is 14.9 Å². The lowest BCUT2D eigenvalue weighted by atomic mass is 10.1. The van der Waals surface area contributed by atoms with Gasteiger partial charge in [0.25, 0.3) is 0 Å². The summed E-state index contributed by atoms with van der Waals surface area (Å²) < 4.78 is 1.79. The Labute approximate surface area is 153 Å². The van der Waals surface area contributed by atoms with Crippen molar-refractivity contribution < 1.29 is 0 Å². The Morgan fingerprint density at radius 1 is 0.875 bits per heavy atom. The number of nitrogens with zero attached hydrogens (tertiary/aromatic N) is 4. The third kappa shape index (κ3) is 2.83.